The minimum absolute atomic E-state index is 0. The first-order valence-electron chi connectivity index (χ1n) is 11.3. The van der Waals surface area contributed by atoms with E-state index in [-0.39, 0.29) is 18.3 Å². The summed E-state index contributed by atoms with van der Waals surface area (Å²) in [6.07, 6.45) is 0.871. The van der Waals surface area contributed by atoms with Crippen LogP contribution in [0.4, 0.5) is 10.8 Å². The summed E-state index contributed by atoms with van der Waals surface area (Å²) in [5, 5.41) is 0.727. The van der Waals surface area contributed by atoms with Crippen molar-refractivity contribution in [3.05, 3.63) is 48.0 Å². The molecule has 0 bridgehead atoms. The highest BCUT2D eigenvalue weighted by Gasteiger charge is 2.21. The number of thiazole rings is 1. The number of carbonyl (C=O) groups is 1. The lowest BCUT2D eigenvalue weighted by molar-refractivity contribution is 0.0986. The maximum absolute atomic E-state index is 13.5. The molecule has 2 aromatic carbocycles. The van der Waals surface area contributed by atoms with Crippen LogP contribution in [0.15, 0.2) is 42.5 Å². The van der Waals surface area contributed by atoms with Crippen molar-refractivity contribution in [2.75, 3.05) is 56.7 Å². The maximum atomic E-state index is 13.5. The average molecular weight is 491 g/mol. The van der Waals surface area contributed by atoms with Gasteiger partial charge in [-0.2, -0.15) is 0 Å². The van der Waals surface area contributed by atoms with Crippen LogP contribution in [0.5, 0.6) is 5.75 Å². The van der Waals surface area contributed by atoms with E-state index < -0.39 is 0 Å². The second kappa shape index (κ2) is 12.8. The second-order valence-corrected chi connectivity index (χ2v) is 8.90. The largest absolute Gasteiger partial charge is 0.494 e. The van der Waals surface area contributed by atoms with E-state index in [9.17, 15) is 4.79 Å². The second-order valence-electron chi connectivity index (χ2n) is 7.89. The molecule has 8 heteroatoms. The highest BCUT2D eigenvalue weighted by molar-refractivity contribution is 7.22. The minimum Gasteiger partial charge on any atom is -0.494 e. The van der Waals surface area contributed by atoms with Crippen molar-refractivity contribution in [2.24, 2.45) is 0 Å². The highest BCUT2D eigenvalue weighted by Crippen LogP contribution is 2.32. The number of aromatic nitrogens is 1. The summed E-state index contributed by atoms with van der Waals surface area (Å²) in [7, 11) is 4.09. The Morgan fingerprint density at radius 1 is 1.00 bits per heavy atom. The van der Waals surface area contributed by atoms with Crippen molar-refractivity contribution in [3.8, 4) is 5.75 Å². The van der Waals surface area contributed by atoms with Gasteiger partial charge >= 0.3 is 0 Å². The number of fused-ring (bicyclic) bond motifs is 1. The third-order valence-corrected chi connectivity index (χ3v) is 6.41. The van der Waals surface area contributed by atoms with Gasteiger partial charge in [-0.05, 0) is 90.3 Å². The molecular formula is C25H35ClN4O2S. The molecule has 3 rings (SSSR count). The zero-order chi connectivity index (χ0) is 23.1. The van der Waals surface area contributed by atoms with Crippen LogP contribution in [0.1, 0.15) is 37.6 Å². The molecule has 180 valence electrons. The molecule has 0 radical (unpaired) electrons. The molecule has 0 N–H and O–H groups in total. The topological polar surface area (TPSA) is 48.9 Å². The molecule has 1 heterocycles. The predicted molar refractivity (Wildman–Crippen MR) is 143 cm³/mol. The Morgan fingerprint density at radius 2 is 1.70 bits per heavy atom. The number of rotatable bonds is 11. The molecule has 0 aliphatic carbocycles. The number of halogens is 1. The number of ether oxygens (including phenoxy) is 1. The van der Waals surface area contributed by atoms with Crippen molar-refractivity contribution < 1.29 is 9.53 Å². The van der Waals surface area contributed by atoms with Crippen molar-refractivity contribution in [1.82, 2.24) is 9.88 Å². The van der Waals surface area contributed by atoms with Crippen LogP contribution in [0.25, 0.3) is 10.2 Å². The van der Waals surface area contributed by atoms with E-state index in [1.807, 2.05) is 68.4 Å². The van der Waals surface area contributed by atoms with Crippen LogP contribution >= 0.6 is 23.7 Å². The SMILES string of the molecule is CCOc1ccc2nc(N(CCCN(C)C)C(=O)c3ccc(N(CC)CC)cc3)sc2c1.Cl. The Bertz CT molecular complexity index is 1020. The van der Waals surface area contributed by atoms with Gasteiger partial charge in [-0.3, -0.25) is 9.69 Å². The summed E-state index contributed by atoms with van der Waals surface area (Å²) >= 11 is 1.53. The van der Waals surface area contributed by atoms with Crippen LogP contribution in [-0.2, 0) is 0 Å². The van der Waals surface area contributed by atoms with Gasteiger partial charge in [0.15, 0.2) is 5.13 Å². The maximum Gasteiger partial charge on any atom is 0.260 e. The molecule has 0 fully saturated rings. The monoisotopic (exact) mass is 490 g/mol. The summed E-state index contributed by atoms with van der Waals surface area (Å²) < 4.78 is 6.65. The number of benzene rings is 2. The van der Waals surface area contributed by atoms with E-state index in [0.29, 0.717) is 18.7 Å². The number of hydrogen-bond acceptors (Lipinski definition) is 6. The molecule has 1 aromatic heterocycles. The van der Waals surface area contributed by atoms with Crippen LogP contribution in [0, 0.1) is 0 Å². The number of hydrogen-bond donors (Lipinski definition) is 0. The minimum atomic E-state index is -0.0149. The Morgan fingerprint density at radius 3 is 2.30 bits per heavy atom. The lowest BCUT2D eigenvalue weighted by Gasteiger charge is -2.23. The fraction of sp³-hybridized carbons (Fsp3) is 0.440. The van der Waals surface area contributed by atoms with Gasteiger partial charge in [-0.25, -0.2) is 4.98 Å². The molecule has 33 heavy (non-hydrogen) atoms. The third kappa shape index (κ3) is 6.82. The standard InChI is InChI=1S/C25H34N4O2S.ClH/c1-6-28(7-2)20-12-10-19(11-13-20)24(30)29(17-9-16-27(4)5)25-26-22-15-14-21(31-8-3)18-23(22)32-25;/h10-15,18H,6-9,16-17H2,1-5H3;1H. The molecule has 0 aliphatic heterocycles. The normalized spacial score (nSPS) is 10.8. The van der Waals surface area contributed by atoms with Gasteiger partial charge in [0, 0.05) is 30.9 Å². The molecule has 0 spiro atoms. The summed E-state index contributed by atoms with van der Waals surface area (Å²) in [6.45, 7) is 10.3. The number of anilines is 2. The first-order valence-corrected chi connectivity index (χ1v) is 12.1. The first kappa shape index (κ1) is 26.9. The molecule has 3 aromatic rings. The van der Waals surface area contributed by atoms with E-state index >= 15 is 0 Å². The number of carbonyl (C=O) groups excluding carboxylic acids is 1. The Labute approximate surface area is 207 Å². The molecule has 0 unspecified atom stereocenters. The van der Waals surface area contributed by atoms with E-state index in [1.54, 1.807) is 0 Å². The van der Waals surface area contributed by atoms with Gasteiger partial charge in [-0.1, -0.05) is 11.3 Å². The summed E-state index contributed by atoms with van der Waals surface area (Å²) in [5.74, 6) is 0.812. The highest BCUT2D eigenvalue weighted by atomic mass is 35.5. The van der Waals surface area contributed by atoms with Crippen LogP contribution in [0.3, 0.4) is 0 Å². The Balaban J connectivity index is 0.00000385. The van der Waals surface area contributed by atoms with Gasteiger partial charge in [0.1, 0.15) is 5.75 Å². The molecule has 0 saturated heterocycles. The molecule has 0 atom stereocenters. The van der Waals surface area contributed by atoms with Crippen molar-refractivity contribution in [1.29, 1.82) is 0 Å². The molecule has 1 amide bonds. The third-order valence-electron chi connectivity index (χ3n) is 5.37. The van der Waals surface area contributed by atoms with Crippen LogP contribution in [0.2, 0.25) is 0 Å². The predicted octanol–water partition coefficient (Wildman–Crippen LogP) is 5.56. The Kier molecular flexibility index (Phi) is 10.4. The Hall–Kier alpha value is -2.35. The van der Waals surface area contributed by atoms with Crippen LogP contribution < -0.4 is 14.5 Å². The zero-order valence-corrected chi connectivity index (χ0v) is 21.8. The molecule has 0 saturated carbocycles. The summed E-state index contributed by atoms with van der Waals surface area (Å²) in [5.41, 5.74) is 2.70. The van der Waals surface area contributed by atoms with Gasteiger partial charge in [0.2, 0.25) is 0 Å². The van der Waals surface area contributed by atoms with E-state index in [0.717, 1.165) is 52.8 Å². The van der Waals surface area contributed by atoms with Crippen molar-refractivity contribution >= 4 is 50.7 Å². The summed E-state index contributed by atoms with van der Waals surface area (Å²) in [4.78, 5) is 24.5. The van der Waals surface area contributed by atoms with Crippen molar-refractivity contribution in [2.45, 2.75) is 27.2 Å². The number of nitrogens with zero attached hydrogens (tertiary/aromatic N) is 4. The molecular weight excluding hydrogens is 456 g/mol. The average Bonchev–Trinajstić information content (AvgIpc) is 3.20. The van der Waals surface area contributed by atoms with Gasteiger partial charge in [0.25, 0.3) is 5.91 Å². The number of amides is 1. The van der Waals surface area contributed by atoms with E-state index in [1.165, 1.54) is 11.3 Å². The van der Waals surface area contributed by atoms with E-state index in [2.05, 4.69) is 23.6 Å². The fourth-order valence-corrected chi connectivity index (χ4v) is 4.67. The quantitative estimate of drug-likeness (QED) is 0.352. The lowest BCUT2D eigenvalue weighted by atomic mass is 10.1. The van der Waals surface area contributed by atoms with Gasteiger partial charge in [-0.15, -0.1) is 12.4 Å². The lowest BCUT2D eigenvalue weighted by Crippen LogP contribution is -2.33. The smallest absolute Gasteiger partial charge is 0.260 e. The van der Waals surface area contributed by atoms with E-state index in [4.69, 9.17) is 9.72 Å². The fourth-order valence-electron chi connectivity index (χ4n) is 3.65. The zero-order valence-electron chi connectivity index (χ0n) is 20.2. The van der Waals surface area contributed by atoms with Gasteiger partial charge in [0.05, 0.1) is 16.8 Å². The van der Waals surface area contributed by atoms with Crippen molar-refractivity contribution in [3.63, 3.8) is 0 Å². The molecule has 6 nitrogen and oxygen atoms in total. The summed E-state index contributed by atoms with van der Waals surface area (Å²) in [6, 6.07) is 13.8. The first-order chi connectivity index (χ1) is 15.5. The van der Waals surface area contributed by atoms with Crippen LogP contribution in [-0.4, -0.2) is 62.7 Å². The van der Waals surface area contributed by atoms with Gasteiger partial charge < -0.3 is 14.5 Å². The molecule has 0 aliphatic rings.